The van der Waals surface area contributed by atoms with Crippen molar-refractivity contribution in [2.75, 3.05) is 13.2 Å². The van der Waals surface area contributed by atoms with E-state index in [9.17, 15) is 47.9 Å². The lowest BCUT2D eigenvalue weighted by atomic mass is 9.33. The highest BCUT2D eigenvalue weighted by Crippen LogP contribution is 2.76. The molecular weight excluding hydrogens is 1050 g/mol. The summed E-state index contributed by atoms with van der Waals surface area (Å²) in [5, 5.41) is 10.1. The lowest BCUT2D eigenvalue weighted by Gasteiger charge is -2.71. The van der Waals surface area contributed by atoms with Crippen LogP contribution in [-0.4, -0.2) is 78.0 Å². The maximum Gasteiger partial charge on any atom is 0.320 e. The quantitative estimate of drug-likeness (QED) is 0.0794. The number of ketones is 2. The van der Waals surface area contributed by atoms with E-state index in [1.165, 1.54) is 27.7 Å². The lowest BCUT2D eigenvalue weighted by molar-refractivity contribution is -0.237. The first kappa shape index (κ1) is 59.3. The third kappa shape index (κ3) is 8.86. The van der Waals surface area contributed by atoms with Gasteiger partial charge in [0.15, 0.2) is 22.4 Å². The fourth-order valence-corrected chi connectivity index (χ4v) is 19.5. The first-order chi connectivity index (χ1) is 33.1. The second-order valence-corrected chi connectivity index (χ2v) is 27.2. The van der Waals surface area contributed by atoms with E-state index in [2.05, 4.69) is 69.2 Å². The summed E-state index contributed by atoms with van der Waals surface area (Å²) >= 11 is 0. The number of ether oxygens (including phenoxy) is 4. The zero-order valence-corrected chi connectivity index (χ0v) is 48.8. The average molecular weight is 1140 g/mol. The number of carbonyl (C=O) groups is 8. The van der Waals surface area contributed by atoms with E-state index < -0.39 is 47.3 Å². The van der Waals surface area contributed by atoms with Crippen LogP contribution < -0.4 is 0 Å². The molecule has 73 heavy (non-hydrogen) atoms. The molecule has 0 radical (unpaired) electrons. The summed E-state index contributed by atoms with van der Waals surface area (Å²) < 4.78 is 36.2. The topological polar surface area (TPSA) is 194 Å². The van der Waals surface area contributed by atoms with Crippen LogP contribution in [0.1, 0.15) is 200 Å². The van der Waals surface area contributed by atoms with Crippen molar-refractivity contribution >= 4 is 71.4 Å². The average Bonchev–Trinajstić information content (AvgIpc) is 3.26. The predicted molar refractivity (Wildman–Crippen MR) is 279 cm³/mol. The molecule has 0 heterocycles. The van der Waals surface area contributed by atoms with Gasteiger partial charge in [0.1, 0.15) is 25.4 Å². The molecule has 8 aliphatic carbocycles. The summed E-state index contributed by atoms with van der Waals surface area (Å²) in [7, 11) is 0. The molecule has 0 saturated heterocycles. The van der Waals surface area contributed by atoms with Gasteiger partial charge in [0.25, 0.3) is 0 Å². The molecule has 8 saturated carbocycles. The smallest absolute Gasteiger partial charge is 0.320 e. The standard InChI is InChI=1S/C29H43FO6.C29H44O7.HI/c1-17(31)35-16-29(24(30)34)15-14-27(6)19(23(29)33)8-9-21-26(5)12-11-22(36-18(2)32)25(3,4)20(26)10-13-28(21,27)7;1-17(30)35-16-29(24(33)34)15-14-27(6)19(23(29)32)8-9-21-26(5)12-11-22(36-18(2)31)25(3,4)20(26)10-13-28(21,27)7;/h19-22H,8-16H2,1-7H3;19-22H,8-16H2,1-7H3,(H,33,34);1H/t2*19?,20?,21?,22?,26-,27+,28+,29-;/m00./s1. The van der Waals surface area contributed by atoms with Gasteiger partial charge in [0.2, 0.25) is 0 Å². The van der Waals surface area contributed by atoms with Crippen molar-refractivity contribution in [2.45, 2.75) is 212 Å². The van der Waals surface area contributed by atoms with Crippen molar-refractivity contribution in [2.24, 2.45) is 89.7 Å². The van der Waals surface area contributed by atoms with Crippen LogP contribution in [0.4, 0.5) is 4.39 Å². The fraction of sp³-hybridized carbons (Fsp3) is 0.862. The second kappa shape index (κ2) is 19.8. The molecule has 0 aliphatic heterocycles. The van der Waals surface area contributed by atoms with Gasteiger partial charge >= 0.3 is 35.9 Å². The minimum atomic E-state index is -1.87. The summed E-state index contributed by atoms with van der Waals surface area (Å²) in [5.41, 5.74) is -4.64. The van der Waals surface area contributed by atoms with Crippen LogP contribution in [0.3, 0.4) is 0 Å². The molecule has 8 unspecified atom stereocenters. The van der Waals surface area contributed by atoms with Crippen LogP contribution in [0.5, 0.6) is 0 Å². The number of carbonyl (C=O) groups excluding carboxylic acids is 7. The molecule has 8 fully saturated rings. The first-order valence-corrected chi connectivity index (χ1v) is 27.3. The number of carboxylic acid groups (broad SMARTS) is 1. The maximum atomic E-state index is 14.5. The van der Waals surface area contributed by atoms with Gasteiger partial charge in [0, 0.05) is 50.4 Å². The van der Waals surface area contributed by atoms with Crippen LogP contribution in [0, 0.1) is 89.7 Å². The highest BCUT2D eigenvalue weighted by molar-refractivity contribution is 14.0. The Labute approximate surface area is 450 Å². The van der Waals surface area contributed by atoms with Crippen LogP contribution in [0.2, 0.25) is 0 Å². The Hall–Kier alpha value is -2.98. The van der Waals surface area contributed by atoms with Gasteiger partial charge in [-0.05, 0) is 159 Å². The number of fused-ring (bicyclic) bond motifs is 10. The molecule has 412 valence electrons. The predicted octanol–water partition coefficient (Wildman–Crippen LogP) is 11.4. The van der Waals surface area contributed by atoms with Gasteiger partial charge in [-0.15, -0.1) is 24.0 Å². The van der Waals surface area contributed by atoms with Crippen LogP contribution in [0.25, 0.3) is 0 Å². The fourth-order valence-electron chi connectivity index (χ4n) is 19.5. The first-order valence-electron chi connectivity index (χ1n) is 27.3. The van der Waals surface area contributed by atoms with E-state index in [1.807, 2.05) is 0 Å². The summed E-state index contributed by atoms with van der Waals surface area (Å²) in [6.07, 6.45) is 11.8. The Balaban J connectivity index is 0.000000235. The van der Waals surface area contributed by atoms with E-state index >= 15 is 0 Å². The maximum absolute atomic E-state index is 14.5. The van der Waals surface area contributed by atoms with Crippen molar-refractivity contribution in [3.05, 3.63) is 0 Å². The number of esters is 4. The monoisotopic (exact) mass is 1140 g/mol. The molecule has 0 aromatic rings. The van der Waals surface area contributed by atoms with Gasteiger partial charge < -0.3 is 24.1 Å². The molecule has 0 aromatic heterocycles. The molecule has 16 atom stereocenters. The third-order valence-corrected chi connectivity index (χ3v) is 23.8. The Morgan fingerprint density at radius 1 is 0.466 bits per heavy atom. The van der Waals surface area contributed by atoms with Crippen molar-refractivity contribution in [3.8, 4) is 0 Å². The molecule has 0 spiro atoms. The SMILES string of the molecule is CC(=O)OC[C@@]1(C(=O)F)CC[C@]2(C)C(CCC3[C@@]4(C)CCC(OC(C)=O)C(C)(C)C4CC[C@]32C)C1=O.CC(=O)OC[C@@]1(C(=O)O)CC[C@]2(C)C(CCC3[C@@]4(C)CCC(OC(C)=O)C(C)(C)C4CC[C@]32C)C1=O.I. The molecule has 0 bridgehead atoms. The van der Waals surface area contributed by atoms with Gasteiger partial charge in [-0.25, -0.2) is 0 Å². The van der Waals surface area contributed by atoms with Crippen molar-refractivity contribution in [1.82, 2.24) is 0 Å². The van der Waals surface area contributed by atoms with Crippen LogP contribution in [-0.2, 0) is 57.3 Å². The molecule has 13 nitrogen and oxygen atoms in total. The van der Waals surface area contributed by atoms with Crippen molar-refractivity contribution in [1.29, 1.82) is 0 Å². The van der Waals surface area contributed by atoms with Gasteiger partial charge in [0.05, 0.1) is 0 Å². The number of carboxylic acids is 1. The largest absolute Gasteiger partial charge is 0.480 e. The second-order valence-electron chi connectivity index (χ2n) is 27.2. The summed E-state index contributed by atoms with van der Waals surface area (Å²) in [6, 6.07) is -1.68. The Kier molecular flexibility index (Phi) is 16.1. The van der Waals surface area contributed by atoms with Gasteiger partial charge in [-0.2, -0.15) is 4.39 Å². The molecule has 8 rings (SSSR count). The zero-order chi connectivity index (χ0) is 53.8. The van der Waals surface area contributed by atoms with E-state index in [-0.39, 0.29) is 128 Å². The van der Waals surface area contributed by atoms with E-state index in [0.29, 0.717) is 49.4 Å². The van der Waals surface area contributed by atoms with Crippen LogP contribution >= 0.6 is 24.0 Å². The Morgan fingerprint density at radius 2 is 0.822 bits per heavy atom. The minimum absolute atomic E-state index is 0. The zero-order valence-electron chi connectivity index (χ0n) is 46.5. The molecule has 0 amide bonds. The van der Waals surface area contributed by atoms with Crippen molar-refractivity contribution < 1.29 is 66.8 Å². The van der Waals surface area contributed by atoms with E-state index in [0.717, 1.165) is 64.2 Å². The number of aliphatic carboxylic acids is 1. The summed E-state index contributed by atoms with van der Waals surface area (Å²) in [5.74, 6) is -2.67. The third-order valence-electron chi connectivity index (χ3n) is 23.8. The molecule has 1 N–H and O–H groups in total. The highest BCUT2D eigenvalue weighted by atomic mass is 127. The molecule has 15 heteroatoms. The normalized spacial score (nSPS) is 44.9. The number of rotatable bonds is 8. The van der Waals surface area contributed by atoms with E-state index in [4.69, 9.17) is 18.9 Å². The number of halogens is 2. The van der Waals surface area contributed by atoms with Crippen LogP contribution in [0.15, 0.2) is 0 Å². The Morgan fingerprint density at radius 3 is 1.16 bits per heavy atom. The molecule has 8 aliphatic rings. The number of hydrogen-bond acceptors (Lipinski definition) is 12. The molecule has 0 aromatic carbocycles. The Bertz CT molecular complexity index is 2110. The molecular formula is C58H88FIO13. The highest BCUT2D eigenvalue weighted by Gasteiger charge is 2.73. The lowest BCUT2D eigenvalue weighted by Crippen LogP contribution is -2.68. The van der Waals surface area contributed by atoms with E-state index in [1.54, 1.807) is 0 Å². The number of hydrogen-bond donors (Lipinski definition) is 1. The summed E-state index contributed by atoms with van der Waals surface area (Å²) in [6.45, 7) is 27.4. The minimum Gasteiger partial charge on any atom is -0.480 e. The van der Waals surface area contributed by atoms with Gasteiger partial charge in [-0.3, -0.25) is 38.4 Å². The van der Waals surface area contributed by atoms with Crippen molar-refractivity contribution in [3.63, 3.8) is 0 Å². The summed E-state index contributed by atoms with van der Waals surface area (Å²) in [4.78, 5) is 99.0. The number of Topliss-reactive ketones (excluding diaryl/α,β-unsaturated/α-hetero) is 2. The van der Waals surface area contributed by atoms with Gasteiger partial charge in [-0.1, -0.05) is 69.2 Å².